The number of carbonyl (C=O) groups excluding carboxylic acids is 1. The molecule has 0 bridgehead atoms. The van der Waals surface area contributed by atoms with Crippen LogP contribution < -0.4 is 5.73 Å². The Hall–Kier alpha value is -2.21. The molecule has 1 amide bonds. The van der Waals surface area contributed by atoms with E-state index in [2.05, 4.69) is 4.98 Å². The summed E-state index contributed by atoms with van der Waals surface area (Å²) < 4.78 is 24.9. The van der Waals surface area contributed by atoms with Crippen LogP contribution in [0.15, 0.2) is 59.8 Å². The standard InChI is InChI=1S/C14H14N2O3S/c15-14(17)13(9-11-5-4-8-16-10-11)20(18,19)12-6-2-1-3-7-12/h1-8,10,13H,9H2,(H2,15,17). The van der Waals surface area contributed by atoms with Crippen LogP contribution in [0.25, 0.3) is 0 Å². The van der Waals surface area contributed by atoms with Crippen LogP contribution in [0.3, 0.4) is 0 Å². The van der Waals surface area contributed by atoms with Gasteiger partial charge in [-0.2, -0.15) is 0 Å². The number of nitrogens with two attached hydrogens (primary N) is 1. The quantitative estimate of drug-likeness (QED) is 0.887. The first-order valence-electron chi connectivity index (χ1n) is 5.99. The number of rotatable bonds is 5. The van der Waals surface area contributed by atoms with Gasteiger partial charge in [-0.3, -0.25) is 9.78 Å². The maximum Gasteiger partial charge on any atom is 0.236 e. The van der Waals surface area contributed by atoms with Gasteiger partial charge in [0.2, 0.25) is 5.91 Å². The summed E-state index contributed by atoms with van der Waals surface area (Å²) in [6.07, 6.45) is 3.12. The molecule has 0 aliphatic carbocycles. The predicted octanol–water partition coefficient (Wildman–Crippen LogP) is 0.952. The molecule has 0 aliphatic heterocycles. The SMILES string of the molecule is NC(=O)C(Cc1cccnc1)S(=O)(=O)c1ccccc1. The van der Waals surface area contributed by atoms with Crippen molar-refractivity contribution in [2.45, 2.75) is 16.6 Å². The van der Waals surface area contributed by atoms with Gasteiger partial charge in [0.25, 0.3) is 0 Å². The molecule has 0 radical (unpaired) electrons. The predicted molar refractivity (Wildman–Crippen MR) is 74.6 cm³/mol. The largest absolute Gasteiger partial charge is 0.369 e. The Bertz CT molecular complexity index is 685. The third-order valence-corrected chi connectivity index (χ3v) is 4.98. The van der Waals surface area contributed by atoms with E-state index in [1.165, 1.54) is 18.3 Å². The lowest BCUT2D eigenvalue weighted by Crippen LogP contribution is -2.37. The highest BCUT2D eigenvalue weighted by molar-refractivity contribution is 7.92. The van der Waals surface area contributed by atoms with Gasteiger partial charge in [-0.15, -0.1) is 0 Å². The monoisotopic (exact) mass is 290 g/mol. The van der Waals surface area contributed by atoms with E-state index in [4.69, 9.17) is 5.73 Å². The number of aromatic nitrogens is 1. The Balaban J connectivity index is 2.37. The van der Waals surface area contributed by atoms with E-state index in [1.807, 2.05) is 0 Å². The van der Waals surface area contributed by atoms with Crippen molar-refractivity contribution in [2.24, 2.45) is 5.73 Å². The van der Waals surface area contributed by atoms with Crippen LogP contribution in [0.4, 0.5) is 0 Å². The lowest BCUT2D eigenvalue weighted by atomic mass is 10.1. The van der Waals surface area contributed by atoms with E-state index in [1.54, 1.807) is 36.5 Å². The number of nitrogens with zero attached hydrogens (tertiary/aromatic N) is 1. The van der Waals surface area contributed by atoms with Crippen molar-refractivity contribution < 1.29 is 13.2 Å². The van der Waals surface area contributed by atoms with Gasteiger partial charge in [0.05, 0.1) is 4.90 Å². The topological polar surface area (TPSA) is 90.1 Å². The lowest BCUT2D eigenvalue weighted by molar-refractivity contribution is -0.117. The first-order valence-corrected chi connectivity index (χ1v) is 7.53. The second-order valence-corrected chi connectivity index (χ2v) is 6.44. The zero-order valence-electron chi connectivity index (χ0n) is 10.6. The van der Waals surface area contributed by atoms with Gasteiger partial charge < -0.3 is 5.73 Å². The van der Waals surface area contributed by atoms with Gasteiger partial charge in [0.15, 0.2) is 9.84 Å². The third kappa shape index (κ3) is 3.03. The maximum atomic E-state index is 12.5. The van der Waals surface area contributed by atoms with Crippen LogP contribution in [-0.4, -0.2) is 24.6 Å². The van der Waals surface area contributed by atoms with Gasteiger partial charge in [-0.1, -0.05) is 24.3 Å². The second kappa shape index (κ2) is 5.83. The van der Waals surface area contributed by atoms with E-state index < -0.39 is 21.0 Å². The molecule has 5 nitrogen and oxygen atoms in total. The Morgan fingerprint density at radius 2 is 1.85 bits per heavy atom. The van der Waals surface area contributed by atoms with Crippen molar-refractivity contribution in [3.05, 3.63) is 60.4 Å². The number of pyridine rings is 1. The molecule has 6 heteroatoms. The fraction of sp³-hybridized carbons (Fsp3) is 0.143. The summed E-state index contributed by atoms with van der Waals surface area (Å²) in [6.45, 7) is 0. The minimum absolute atomic E-state index is 0.0143. The van der Waals surface area contributed by atoms with Gasteiger partial charge in [0.1, 0.15) is 5.25 Å². The van der Waals surface area contributed by atoms with Crippen molar-refractivity contribution in [2.75, 3.05) is 0 Å². The molecule has 2 N–H and O–H groups in total. The normalized spacial score (nSPS) is 12.8. The van der Waals surface area contributed by atoms with Crippen molar-refractivity contribution in [3.63, 3.8) is 0 Å². The third-order valence-electron chi connectivity index (χ3n) is 2.91. The first-order chi connectivity index (χ1) is 9.51. The van der Waals surface area contributed by atoms with Crippen molar-refractivity contribution in [1.29, 1.82) is 0 Å². The molecule has 0 saturated heterocycles. The smallest absolute Gasteiger partial charge is 0.236 e. The molecular formula is C14H14N2O3S. The molecule has 20 heavy (non-hydrogen) atoms. The summed E-state index contributed by atoms with van der Waals surface area (Å²) in [4.78, 5) is 15.5. The minimum Gasteiger partial charge on any atom is -0.369 e. The lowest BCUT2D eigenvalue weighted by Gasteiger charge is -2.14. The summed E-state index contributed by atoms with van der Waals surface area (Å²) >= 11 is 0. The fourth-order valence-corrected chi connectivity index (χ4v) is 3.45. The average Bonchev–Trinajstić information content (AvgIpc) is 2.46. The summed E-state index contributed by atoms with van der Waals surface area (Å²) in [5.41, 5.74) is 5.92. The molecule has 104 valence electrons. The molecule has 2 rings (SSSR count). The van der Waals surface area contributed by atoms with Crippen LogP contribution in [0.5, 0.6) is 0 Å². The average molecular weight is 290 g/mol. The van der Waals surface area contributed by atoms with Crippen molar-refractivity contribution >= 4 is 15.7 Å². The molecule has 0 saturated carbocycles. The van der Waals surface area contributed by atoms with E-state index in [0.717, 1.165) is 0 Å². The second-order valence-electron chi connectivity index (χ2n) is 4.31. The van der Waals surface area contributed by atoms with Gasteiger partial charge in [0, 0.05) is 12.4 Å². The van der Waals surface area contributed by atoms with Crippen LogP contribution in [0.2, 0.25) is 0 Å². The number of benzene rings is 1. The molecule has 0 fully saturated rings. The summed E-state index contributed by atoms with van der Waals surface area (Å²) in [5.74, 6) is -0.863. The molecule has 0 spiro atoms. The van der Waals surface area contributed by atoms with Gasteiger partial charge in [-0.05, 0) is 30.2 Å². The molecule has 1 heterocycles. The maximum absolute atomic E-state index is 12.5. The number of primary amides is 1. The number of hydrogen-bond acceptors (Lipinski definition) is 4. The summed E-state index contributed by atoms with van der Waals surface area (Å²) in [5, 5.41) is -1.30. The van der Waals surface area contributed by atoms with Crippen LogP contribution in [0.1, 0.15) is 5.56 Å². The molecular weight excluding hydrogens is 276 g/mol. The van der Waals surface area contributed by atoms with E-state index in [-0.39, 0.29) is 11.3 Å². The summed E-state index contributed by atoms with van der Waals surface area (Å²) in [7, 11) is -3.80. The molecule has 1 aromatic carbocycles. The zero-order valence-corrected chi connectivity index (χ0v) is 11.5. The highest BCUT2D eigenvalue weighted by atomic mass is 32.2. The molecule has 1 unspecified atom stereocenters. The summed E-state index contributed by atoms with van der Waals surface area (Å²) in [6, 6.07) is 11.2. The fourth-order valence-electron chi connectivity index (χ4n) is 1.87. The number of hydrogen-bond donors (Lipinski definition) is 1. The Morgan fingerprint density at radius 1 is 1.15 bits per heavy atom. The zero-order chi connectivity index (χ0) is 14.6. The van der Waals surface area contributed by atoms with Gasteiger partial charge in [-0.25, -0.2) is 8.42 Å². The van der Waals surface area contributed by atoms with Crippen molar-refractivity contribution in [3.8, 4) is 0 Å². The number of sulfone groups is 1. The van der Waals surface area contributed by atoms with E-state index in [9.17, 15) is 13.2 Å². The molecule has 1 aromatic heterocycles. The molecule has 0 aliphatic rings. The van der Waals surface area contributed by atoms with Crippen molar-refractivity contribution in [1.82, 2.24) is 4.98 Å². The molecule has 2 aromatic rings. The first kappa shape index (κ1) is 14.2. The molecule has 1 atom stereocenters. The minimum atomic E-state index is -3.80. The van der Waals surface area contributed by atoms with E-state index >= 15 is 0 Å². The number of carbonyl (C=O) groups is 1. The Kier molecular flexibility index (Phi) is 4.14. The Labute approximate surface area is 117 Å². The number of amides is 1. The van der Waals surface area contributed by atoms with Gasteiger partial charge >= 0.3 is 0 Å². The van der Waals surface area contributed by atoms with Crippen LogP contribution in [0, 0.1) is 0 Å². The van der Waals surface area contributed by atoms with Crippen LogP contribution >= 0.6 is 0 Å². The van der Waals surface area contributed by atoms with Crippen LogP contribution in [-0.2, 0) is 21.1 Å². The van der Waals surface area contributed by atoms with E-state index in [0.29, 0.717) is 5.56 Å². The Morgan fingerprint density at radius 3 is 2.40 bits per heavy atom. The highest BCUT2D eigenvalue weighted by Gasteiger charge is 2.32. The highest BCUT2D eigenvalue weighted by Crippen LogP contribution is 2.18.